The fourth-order valence-electron chi connectivity index (χ4n) is 1.75. The van der Waals surface area contributed by atoms with Gasteiger partial charge in [-0.25, -0.2) is 0 Å². The zero-order valence-electron chi connectivity index (χ0n) is 10.8. The van der Waals surface area contributed by atoms with Crippen LogP contribution in [0.15, 0.2) is 42.7 Å². The van der Waals surface area contributed by atoms with Crippen molar-refractivity contribution in [1.29, 1.82) is 0 Å². The van der Waals surface area contributed by atoms with Crippen molar-refractivity contribution >= 4 is 11.6 Å². The van der Waals surface area contributed by atoms with E-state index in [1.54, 1.807) is 12.4 Å². The summed E-state index contributed by atoms with van der Waals surface area (Å²) in [4.78, 5) is 3.98. The van der Waals surface area contributed by atoms with Gasteiger partial charge in [-0.15, -0.1) is 0 Å². The summed E-state index contributed by atoms with van der Waals surface area (Å²) in [6.07, 6.45) is 4.38. The van der Waals surface area contributed by atoms with Gasteiger partial charge < -0.3 is 10.5 Å². The molecule has 1 aromatic carbocycles. The molecule has 2 rings (SSSR count). The number of halogens is 1. The lowest BCUT2D eigenvalue weighted by Crippen LogP contribution is -2.06. The fourth-order valence-corrected chi connectivity index (χ4v) is 1.99. The lowest BCUT2D eigenvalue weighted by atomic mass is 10.1. The maximum Gasteiger partial charge on any atom is 0.137 e. The number of ether oxygens (including phenoxy) is 1. The number of benzene rings is 1. The lowest BCUT2D eigenvalue weighted by molar-refractivity contribution is 0.322. The van der Waals surface area contributed by atoms with Crippen LogP contribution in [0.5, 0.6) is 5.75 Å². The number of rotatable bonds is 5. The lowest BCUT2D eigenvalue weighted by Gasteiger charge is -2.11. The van der Waals surface area contributed by atoms with Crippen LogP contribution < -0.4 is 10.5 Å². The second-order valence-corrected chi connectivity index (χ2v) is 4.84. The van der Waals surface area contributed by atoms with Gasteiger partial charge in [-0.3, -0.25) is 4.98 Å². The third-order valence-corrected chi connectivity index (χ3v) is 3.17. The molecule has 19 heavy (non-hydrogen) atoms. The molecule has 4 heteroatoms. The summed E-state index contributed by atoms with van der Waals surface area (Å²) in [6, 6.07) is 9.59. The monoisotopic (exact) mass is 276 g/mol. The molecule has 0 aliphatic carbocycles. The maximum atomic E-state index is 6.16. The molecule has 0 saturated heterocycles. The number of nitrogens with zero attached hydrogens (tertiary/aromatic N) is 1. The number of pyridine rings is 1. The Morgan fingerprint density at radius 1 is 1.26 bits per heavy atom. The minimum absolute atomic E-state index is 0.0247. The zero-order chi connectivity index (χ0) is 13.7. The van der Waals surface area contributed by atoms with Gasteiger partial charge in [0, 0.05) is 24.9 Å². The van der Waals surface area contributed by atoms with Gasteiger partial charge in [-0.2, -0.15) is 0 Å². The predicted molar refractivity (Wildman–Crippen MR) is 77.5 cm³/mol. The van der Waals surface area contributed by atoms with Gasteiger partial charge in [0.05, 0.1) is 11.6 Å². The summed E-state index contributed by atoms with van der Waals surface area (Å²) in [6.45, 7) is 2.51. The third kappa shape index (κ3) is 3.94. The average Bonchev–Trinajstić information content (AvgIpc) is 2.41. The van der Waals surface area contributed by atoms with Crippen LogP contribution in [-0.4, -0.2) is 11.6 Å². The smallest absolute Gasteiger partial charge is 0.137 e. The van der Waals surface area contributed by atoms with Crippen molar-refractivity contribution in [2.45, 2.75) is 19.4 Å². The van der Waals surface area contributed by atoms with Gasteiger partial charge in [-0.1, -0.05) is 17.7 Å². The summed E-state index contributed by atoms with van der Waals surface area (Å²) >= 11 is 6.16. The number of hydrogen-bond donors (Lipinski definition) is 1. The van der Waals surface area contributed by atoms with Gasteiger partial charge in [0.15, 0.2) is 0 Å². The van der Waals surface area contributed by atoms with Crippen molar-refractivity contribution in [1.82, 2.24) is 4.98 Å². The number of aromatic nitrogens is 1. The topological polar surface area (TPSA) is 48.1 Å². The van der Waals surface area contributed by atoms with E-state index in [4.69, 9.17) is 22.1 Å². The van der Waals surface area contributed by atoms with Crippen LogP contribution in [-0.2, 0) is 6.42 Å². The Labute approximate surface area is 118 Å². The van der Waals surface area contributed by atoms with E-state index in [2.05, 4.69) is 4.98 Å². The van der Waals surface area contributed by atoms with E-state index >= 15 is 0 Å². The Balaban J connectivity index is 1.93. The molecule has 1 unspecified atom stereocenters. The molecule has 0 amide bonds. The van der Waals surface area contributed by atoms with Crippen molar-refractivity contribution in [3.63, 3.8) is 0 Å². The summed E-state index contributed by atoms with van der Waals surface area (Å²) in [5.41, 5.74) is 8.00. The maximum absolute atomic E-state index is 6.16. The van der Waals surface area contributed by atoms with Crippen LogP contribution in [0.1, 0.15) is 24.1 Å². The van der Waals surface area contributed by atoms with Crippen molar-refractivity contribution in [3.8, 4) is 5.75 Å². The predicted octanol–water partition coefficient (Wildman–Crippen LogP) is 3.38. The number of hydrogen-bond acceptors (Lipinski definition) is 3. The zero-order valence-corrected chi connectivity index (χ0v) is 11.6. The Hall–Kier alpha value is -1.58. The molecule has 1 aromatic heterocycles. The molecule has 0 fully saturated rings. The molecule has 100 valence electrons. The van der Waals surface area contributed by atoms with Crippen LogP contribution in [0, 0.1) is 0 Å². The van der Waals surface area contributed by atoms with Crippen LogP contribution in [0.2, 0.25) is 5.02 Å². The second-order valence-electron chi connectivity index (χ2n) is 4.43. The van der Waals surface area contributed by atoms with Gasteiger partial charge >= 0.3 is 0 Å². The first-order valence-electron chi connectivity index (χ1n) is 6.23. The molecule has 0 spiro atoms. The molecule has 1 heterocycles. The number of nitrogens with two attached hydrogens (primary N) is 1. The molecule has 0 aliphatic rings. The Kier molecular flexibility index (Phi) is 4.77. The fraction of sp³-hybridized carbons (Fsp3) is 0.267. The highest BCUT2D eigenvalue weighted by Crippen LogP contribution is 2.27. The summed E-state index contributed by atoms with van der Waals surface area (Å²) < 4.78 is 5.68. The first-order chi connectivity index (χ1) is 9.16. The second kappa shape index (κ2) is 6.55. The average molecular weight is 277 g/mol. The Bertz CT molecular complexity index is 529. The van der Waals surface area contributed by atoms with E-state index in [1.165, 1.54) is 5.56 Å². The van der Waals surface area contributed by atoms with E-state index in [0.29, 0.717) is 17.4 Å². The minimum atomic E-state index is -0.0247. The minimum Gasteiger partial charge on any atom is -0.492 e. The van der Waals surface area contributed by atoms with Crippen LogP contribution >= 0.6 is 11.6 Å². The van der Waals surface area contributed by atoms with Crippen molar-refractivity contribution < 1.29 is 4.74 Å². The van der Waals surface area contributed by atoms with E-state index in [9.17, 15) is 0 Å². The van der Waals surface area contributed by atoms with Crippen LogP contribution in [0.25, 0.3) is 0 Å². The van der Waals surface area contributed by atoms with Crippen molar-refractivity contribution in [2.24, 2.45) is 5.73 Å². The SMILES string of the molecule is CC(N)c1ccc(OCCc2ccncc2)c(Cl)c1. The normalized spacial score (nSPS) is 12.2. The Morgan fingerprint density at radius 3 is 2.63 bits per heavy atom. The molecule has 0 radical (unpaired) electrons. The third-order valence-electron chi connectivity index (χ3n) is 2.88. The summed E-state index contributed by atoms with van der Waals surface area (Å²) in [5, 5.41) is 0.601. The molecule has 0 saturated carbocycles. The quantitative estimate of drug-likeness (QED) is 0.911. The van der Waals surface area contributed by atoms with Gasteiger partial charge in [0.25, 0.3) is 0 Å². The molecule has 3 nitrogen and oxygen atoms in total. The van der Waals surface area contributed by atoms with Gasteiger partial charge in [0.1, 0.15) is 5.75 Å². The van der Waals surface area contributed by atoms with E-state index < -0.39 is 0 Å². The van der Waals surface area contributed by atoms with Crippen LogP contribution in [0.4, 0.5) is 0 Å². The summed E-state index contributed by atoms with van der Waals surface area (Å²) in [5.74, 6) is 0.695. The standard InChI is InChI=1S/C15H17ClN2O/c1-11(17)13-2-3-15(14(16)10-13)19-9-6-12-4-7-18-8-5-12/h2-5,7-8,10-11H,6,9,17H2,1H3. The van der Waals surface area contributed by atoms with E-state index in [-0.39, 0.29) is 6.04 Å². The van der Waals surface area contributed by atoms with Crippen LogP contribution in [0.3, 0.4) is 0 Å². The van der Waals surface area contributed by atoms with E-state index in [0.717, 1.165) is 12.0 Å². The Morgan fingerprint density at radius 2 is 2.00 bits per heavy atom. The highest BCUT2D eigenvalue weighted by molar-refractivity contribution is 6.32. The summed E-state index contributed by atoms with van der Waals surface area (Å²) in [7, 11) is 0. The van der Waals surface area contributed by atoms with E-state index in [1.807, 2.05) is 37.3 Å². The first-order valence-corrected chi connectivity index (χ1v) is 6.61. The van der Waals surface area contributed by atoms with Gasteiger partial charge in [0.2, 0.25) is 0 Å². The van der Waals surface area contributed by atoms with Crippen molar-refractivity contribution in [2.75, 3.05) is 6.61 Å². The molecule has 0 aliphatic heterocycles. The molecular weight excluding hydrogens is 260 g/mol. The molecule has 2 aromatic rings. The highest BCUT2D eigenvalue weighted by atomic mass is 35.5. The highest BCUT2D eigenvalue weighted by Gasteiger charge is 2.05. The first kappa shape index (κ1) is 13.8. The van der Waals surface area contributed by atoms with Crippen molar-refractivity contribution in [3.05, 3.63) is 58.9 Å². The molecular formula is C15H17ClN2O. The molecule has 1 atom stereocenters. The largest absolute Gasteiger partial charge is 0.492 e. The van der Waals surface area contributed by atoms with Gasteiger partial charge in [-0.05, 0) is 42.3 Å². The molecule has 2 N–H and O–H groups in total. The molecule has 0 bridgehead atoms.